The highest BCUT2D eigenvalue weighted by molar-refractivity contribution is 8.10. The van der Waals surface area contributed by atoms with E-state index in [2.05, 4.69) is 28.2 Å². The molecular weight excluding hydrogens is 256 g/mol. The van der Waals surface area contributed by atoms with Crippen LogP contribution in [0.1, 0.15) is 6.92 Å². The van der Waals surface area contributed by atoms with Gasteiger partial charge in [-0.1, -0.05) is 11.8 Å². The van der Waals surface area contributed by atoms with Crippen molar-refractivity contribution in [3.05, 3.63) is 24.3 Å². The van der Waals surface area contributed by atoms with Crippen LogP contribution in [0, 0.1) is 0 Å². The molecule has 0 aliphatic rings. The number of hydrogen-bond donors (Lipinski definition) is 1. The summed E-state index contributed by atoms with van der Waals surface area (Å²) in [6.07, 6.45) is 0. The van der Waals surface area contributed by atoms with E-state index in [0.717, 1.165) is 16.6 Å². The first-order valence-electron chi connectivity index (χ1n) is 4.98. The number of methoxy groups -OCH3 is 1. The van der Waals surface area contributed by atoms with Gasteiger partial charge in [-0.05, 0) is 41.6 Å². The second-order valence-electron chi connectivity index (χ2n) is 3.29. The van der Waals surface area contributed by atoms with Gasteiger partial charge in [0.2, 0.25) is 5.16 Å². The second kappa shape index (κ2) is 5.42. The molecule has 2 rings (SSSR count). The molecular formula is C10H12N4OS2. The molecule has 0 fully saturated rings. The molecule has 0 bridgehead atoms. The molecule has 7 heteroatoms. The Hall–Kier alpha value is -1.21. The first kappa shape index (κ1) is 12.3. The van der Waals surface area contributed by atoms with Crippen LogP contribution in [-0.4, -0.2) is 31.9 Å². The van der Waals surface area contributed by atoms with E-state index in [4.69, 9.17) is 4.74 Å². The fraction of sp³-hybridized carbons (Fsp3) is 0.300. The van der Waals surface area contributed by atoms with Crippen molar-refractivity contribution >= 4 is 24.4 Å². The standard InChI is InChI=1S/C10H12N4OS2/c1-7(16)17-10-11-12-13-14(10)8-3-5-9(15-2)6-4-8/h3-7,16H,1-2H3. The zero-order valence-electron chi connectivity index (χ0n) is 9.44. The summed E-state index contributed by atoms with van der Waals surface area (Å²) < 4.78 is 6.92. The number of tetrazole rings is 1. The number of thioether (sulfide) groups is 1. The zero-order valence-corrected chi connectivity index (χ0v) is 11.2. The second-order valence-corrected chi connectivity index (χ2v) is 5.72. The Labute approximate surface area is 109 Å². The molecule has 1 heterocycles. The number of ether oxygens (including phenoxy) is 1. The fourth-order valence-corrected chi connectivity index (χ4v) is 2.20. The lowest BCUT2D eigenvalue weighted by atomic mass is 10.3. The molecule has 0 saturated carbocycles. The summed E-state index contributed by atoms with van der Waals surface area (Å²) in [6, 6.07) is 7.55. The Morgan fingerprint density at radius 2 is 2.06 bits per heavy atom. The lowest BCUT2D eigenvalue weighted by Gasteiger charge is -2.06. The van der Waals surface area contributed by atoms with Gasteiger partial charge >= 0.3 is 0 Å². The third-order valence-corrected chi connectivity index (χ3v) is 3.16. The zero-order chi connectivity index (χ0) is 12.3. The highest BCUT2D eigenvalue weighted by atomic mass is 32.2. The van der Waals surface area contributed by atoms with Gasteiger partial charge in [0.05, 0.1) is 17.4 Å². The van der Waals surface area contributed by atoms with Crippen LogP contribution in [0.5, 0.6) is 5.75 Å². The Kier molecular flexibility index (Phi) is 3.90. The van der Waals surface area contributed by atoms with Gasteiger partial charge in [0.15, 0.2) is 0 Å². The monoisotopic (exact) mass is 268 g/mol. The van der Waals surface area contributed by atoms with Crippen LogP contribution in [0.3, 0.4) is 0 Å². The highest BCUT2D eigenvalue weighted by Crippen LogP contribution is 2.25. The van der Waals surface area contributed by atoms with E-state index in [-0.39, 0.29) is 4.58 Å². The number of rotatable bonds is 4. The van der Waals surface area contributed by atoms with Crippen LogP contribution in [0.2, 0.25) is 0 Å². The molecule has 0 amide bonds. The molecule has 5 nitrogen and oxygen atoms in total. The van der Waals surface area contributed by atoms with Gasteiger partial charge in [-0.15, -0.1) is 5.10 Å². The topological polar surface area (TPSA) is 52.8 Å². The Morgan fingerprint density at radius 1 is 1.35 bits per heavy atom. The van der Waals surface area contributed by atoms with Crippen LogP contribution in [0.15, 0.2) is 29.4 Å². The van der Waals surface area contributed by atoms with Gasteiger partial charge in [0.25, 0.3) is 0 Å². The van der Waals surface area contributed by atoms with E-state index in [1.54, 1.807) is 11.8 Å². The van der Waals surface area contributed by atoms with Gasteiger partial charge in [-0.25, -0.2) is 0 Å². The Bertz CT molecular complexity index is 483. The van der Waals surface area contributed by atoms with Crippen molar-refractivity contribution in [3.8, 4) is 11.4 Å². The summed E-state index contributed by atoms with van der Waals surface area (Å²) in [4.78, 5) is 0. The highest BCUT2D eigenvalue weighted by Gasteiger charge is 2.10. The minimum absolute atomic E-state index is 0.137. The van der Waals surface area contributed by atoms with E-state index in [9.17, 15) is 0 Å². The van der Waals surface area contributed by atoms with Crippen molar-refractivity contribution in [1.29, 1.82) is 0 Å². The molecule has 0 N–H and O–H groups in total. The molecule has 1 aromatic carbocycles. The third kappa shape index (κ3) is 2.92. The molecule has 0 spiro atoms. The summed E-state index contributed by atoms with van der Waals surface area (Å²) in [5, 5.41) is 12.3. The van der Waals surface area contributed by atoms with Crippen molar-refractivity contribution in [2.24, 2.45) is 0 Å². The lowest BCUT2D eigenvalue weighted by Crippen LogP contribution is -2.00. The molecule has 2 aromatic rings. The van der Waals surface area contributed by atoms with E-state index in [1.807, 2.05) is 31.2 Å². The predicted molar refractivity (Wildman–Crippen MR) is 70.0 cm³/mol. The van der Waals surface area contributed by atoms with Gasteiger partial charge in [-0.3, -0.25) is 0 Å². The van der Waals surface area contributed by atoms with Crippen LogP contribution in [0.25, 0.3) is 5.69 Å². The first-order chi connectivity index (χ1) is 8.20. The molecule has 90 valence electrons. The molecule has 17 heavy (non-hydrogen) atoms. The summed E-state index contributed by atoms with van der Waals surface area (Å²) in [5.41, 5.74) is 0.896. The van der Waals surface area contributed by atoms with Crippen molar-refractivity contribution in [1.82, 2.24) is 20.2 Å². The number of thiol groups is 1. The molecule has 0 aliphatic heterocycles. The van der Waals surface area contributed by atoms with E-state index in [0.29, 0.717) is 0 Å². The molecule has 1 atom stereocenters. The first-order valence-corrected chi connectivity index (χ1v) is 6.38. The fourth-order valence-electron chi connectivity index (χ4n) is 1.29. The average molecular weight is 268 g/mol. The van der Waals surface area contributed by atoms with Crippen molar-refractivity contribution in [2.45, 2.75) is 16.7 Å². The molecule has 1 unspecified atom stereocenters. The van der Waals surface area contributed by atoms with Crippen molar-refractivity contribution in [2.75, 3.05) is 7.11 Å². The van der Waals surface area contributed by atoms with Gasteiger partial charge in [0, 0.05) is 0 Å². The molecule has 1 aromatic heterocycles. The smallest absolute Gasteiger partial charge is 0.215 e. The largest absolute Gasteiger partial charge is 0.497 e. The number of aromatic nitrogens is 4. The number of nitrogens with zero attached hydrogens (tertiary/aromatic N) is 4. The van der Waals surface area contributed by atoms with E-state index >= 15 is 0 Å². The maximum absolute atomic E-state index is 5.10. The van der Waals surface area contributed by atoms with Gasteiger partial charge in [0.1, 0.15) is 5.75 Å². The van der Waals surface area contributed by atoms with E-state index < -0.39 is 0 Å². The average Bonchev–Trinajstić information content (AvgIpc) is 2.76. The minimum Gasteiger partial charge on any atom is -0.497 e. The Morgan fingerprint density at radius 3 is 2.65 bits per heavy atom. The molecule has 0 aliphatic carbocycles. The number of benzene rings is 1. The van der Waals surface area contributed by atoms with Crippen LogP contribution in [-0.2, 0) is 0 Å². The normalized spacial score (nSPS) is 12.4. The minimum atomic E-state index is 0.137. The van der Waals surface area contributed by atoms with E-state index in [1.165, 1.54) is 11.8 Å². The van der Waals surface area contributed by atoms with Gasteiger partial charge in [-0.2, -0.15) is 17.3 Å². The lowest BCUT2D eigenvalue weighted by molar-refractivity contribution is 0.414. The van der Waals surface area contributed by atoms with Crippen LogP contribution >= 0.6 is 24.4 Å². The quantitative estimate of drug-likeness (QED) is 0.522. The summed E-state index contributed by atoms with van der Waals surface area (Å²) in [5.74, 6) is 0.804. The van der Waals surface area contributed by atoms with Crippen molar-refractivity contribution in [3.63, 3.8) is 0 Å². The molecule has 0 saturated heterocycles. The third-order valence-electron chi connectivity index (χ3n) is 2.03. The SMILES string of the molecule is COc1ccc(-n2nnnc2SC(C)S)cc1. The summed E-state index contributed by atoms with van der Waals surface area (Å²) in [7, 11) is 1.63. The summed E-state index contributed by atoms with van der Waals surface area (Å²) >= 11 is 5.81. The summed E-state index contributed by atoms with van der Waals surface area (Å²) in [6.45, 7) is 1.97. The number of hydrogen-bond acceptors (Lipinski definition) is 6. The van der Waals surface area contributed by atoms with Crippen LogP contribution < -0.4 is 4.74 Å². The van der Waals surface area contributed by atoms with Crippen LogP contribution in [0.4, 0.5) is 0 Å². The predicted octanol–water partition coefficient (Wildman–Crippen LogP) is 2.04. The molecule has 0 radical (unpaired) electrons. The van der Waals surface area contributed by atoms with Gasteiger partial charge < -0.3 is 4.74 Å². The maximum atomic E-state index is 5.10. The maximum Gasteiger partial charge on any atom is 0.215 e. The Balaban J connectivity index is 2.29. The van der Waals surface area contributed by atoms with Crippen molar-refractivity contribution < 1.29 is 4.74 Å².